The number of anilines is 1. The first-order chi connectivity index (χ1) is 19.0. The first kappa shape index (κ1) is 23.7. The van der Waals surface area contributed by atoms with Crippen molar-refractivity contribution in [2.45, 2.75) is 38.6 Å². The van der Waals surface area contributed by atoms with Crippen LogP contribution in [0.3, 0.4) is 0 Å². The molecule has 3 aliphatic rings. The lowest BCUT2D eigenvalue weighted by atomic mass is 9.76. The molecule has 3 heterocycles. The van der Waals surface area contributed by atoms with Gasteiger partial charge in [0.25, 0.3) is 0 Å². The molecule has 7 rings (SSSR count). The highest BCUT2D eigenvalue weighted by molar-refractivity contribution is 6.11. The molecule has 0 bridgehead atoms. The zero-order valence-electron chi connectivity index (χ0n) is 22.1. The number of hydrogen-bond acceptors (Lipinski definition) is 4. The SMILES string of the molecule is Cc1cccc(C)c1CC(=O)c1ccc(CN2C(=O)C3(COc4cc5c(cc43)CCO5)c3ccccc32)cc1. The molecule has 0 radical (unpaired) electrons. The van der Waals surface area contributed by atoms with Crippen LogP contribution in [0.2, 0.25) is 0 Å². The van der Waals surface area contributed by atoms with Crippen molar-refractivity contribution in [2.75, 3.05) is 18.1 Å². The van der Waals surface area contributed by atoms with Crippen LogP contribution in [-0.2, 0) is 29.6 Å². The molecule has 0 aliphatic carbocycles. The first-order valence-electron chi connectivity index (χ1n) is 13.5. The number of ketones is 1. The molecule has 1 atom stereocenters. The smallest absolute Gasteiger partial charge is 0.246 e. The van der Waals surface area contributed by atoms with Crippen molar-refractivity contribution in [2.24, 2.45) is 0 Å². The van der Waals surface area contributed by atoms with Crippen LogP contribution in [0.5, 0.6) is 11.5 Å². The zero-order valence-corrected chi connectivity index (χ0v) is 22.1. The Morgan fingerprint density at radius 3 is 2.44 bits per heavy atom. The van der Waals surface area contributed by atoms with Crippen molar-refractivity contribution >= 4 is 17.4 Å². The minimum absolute atomic E-state index is 0.0245. The van der Waals surface area contributed by atoms with Crippen LogP contribution in [0.4, 0.5) is 5.69 Å². The van der Waals surface area contributed by atoms with Crippen molar-refractivity contribution < 1.29 is 19.1 Å². The van der Waals surface area contributed by atoms with Gasteiger partial charge in [-0.15, -0.1) is 0 Å². The van der Waals surface area contributed by atoms with Gasteiger partial charge in [0.05, 0.1) is 13.2 Å². The molecule has 1 amide bonds. The van der Waals surface area contributed by atoms with E-state index in [4.69, 9.17) is 9.47 Å². The van der Waals surface area contributed by atoms with Crippen molar-refractivity contribution in [1.82, 2.24) is 0 Å². The molecular formula is C34H29NO4. The lowest BCUT2D eigenvalue weighted by Gasteiger charge is -2.23. The number of carbonyl (C=O) groups is 2. The topological polar surface area (TPSA) is 55.8 Å². The summed E-state index contributed by atoms with van der Waals surface area (Å²) in [5, 5.41) is 0. The van der Waals surface area contributed by atoms with Crippen LogP contribution in [0, 0.1) is 13.8 Å². The van der Waals surface area contributed by atoms with Gasteiger partial charge in [-0.05, 0) is 59.4 Å². The van der Waals surface area contributed by atoms with E-state index >= 15 is 0 Å². The molecule has 5 nitrogen and oxygen atoms in total. The predicted molar refractivity (Wildman–Crippen MR) is 150 cm³/mol. The predicted octanol–water partition coefficient (Wildman–Crippen LogP) is 5.89. The Morgan fingerprint density at radius 1 is 0.872 bits per heavy atom. The molecule has 3 aliphatic heterocycles. The highest BCUT2D eigenvalue weighted by Gasteiger charge is 2.57. The quantitative estimate of drug-likeness (QED) is 0.311. The van der Waals surface area contributed by atoms with Crippen molar-refractivity contribution in [3.63, 3.8) is 0 Å². The van der Waals surface area contributed by atoms with Crippen LogP contribution in [0.1, 0.15) is 49.3 Å². The second kappa shape index (κ2) is 8.84. The third kappa shape index (κ3) is 3.60. The highest BCUT2D eigenvalue weighted by atomic mass is 16.5. The number of benzene rings is 4. The van der Waals surface area contributed by atoms with Gasteiger partial charge in [-0.3, -0.25) is 9.59 Å². The summed E-state index contributed by atoms with van der Waals surface area (Å²) in [7, 11) is 0. The molecule has 0 saturated carbocycles. The molecule has 1 spiro atoms. The Hall–Kier alpha value is -4.38. The number of para-hydroxylation sites is 1. The molecule has 0 fully saturated rings. The van der Waals surface area contributed by atoms with Gasteiger partial charge in [0.1, 0.15) is 23.5 Å². The number of Topliss-reactive ketones (excluding diaryl/α,β-unsaturated/α-hetero) is 1. The van der Waals surface area contributed by atoms with Gasteiger partial charge in [0.2, 0.25) is 5.91 Å². The number of hydrogen-bond donors (Lipinski definition) is 0. The van der Waals surface area contributed by atoms with Gasteiger partial charge in [-0.2, -0.15) is 0 Å². The summed E-state index contributed by atoms with van der Waals surface area (Å²) in [6, 6.07) is 25.9. The van der Waals surface area contributed by atoms with Crippen molar-refractivity contribution in [3.05, 3.63) is 123 Å². The van der Waals surface area contributed by atoms with Crippen LogP contribution in [-0.4, -0.2) is 24.9 Å². The fourth-order valence-corrected chi connectivity index (χ4v) is 6.37. The van der Waals surface area contributed by atoms with Crippen LogP contribution < -0.4 is 14.4 Å². The summed E-state index contributed by atoms with van der Waals surface area (Å²) < 4.78 is 11.9. The maximum atomic E-state index is 14.3. The largest absolute Gasteiger partial charge is 0.493 e. The fraction of sp³-hybridized carbons (Fsp3) is 0.235. The van der Waals surface area contributed by atoms with Crippen molar-refractivity contribution in [3.8, 4) is 11.5 Å². The molecule has 4 aromatic rings. The second-order valence-corrected chi connectivity index (χ2v) is 10.8. The lowest BCUT2D eigenvalue weighted by molar-refractivity contribution is -0.122. The molecule has 0 aromatic heterocycles. The maximum absolute atomic E-state index is 14.3. The molecule has 1 unspecified atom stereocenters. The molecule has 4 aromatic carbocycles. The fourth-order valence-electron chi connectivity index (χ4n) is 6.37. The van der Waals surface area contributed by atoms with Gasteiger partial charge in [-0.1, -0.05) is 60.7 Å². The molecular weight excluding hydrogens is 486 g/mol. The molecule has 0 N–H and O–H groups in total. The summed E-state index contributed by atoms with van der Waals surface area (Å²) >= 11 is 0. The molecule has 0 saturated heterocycles. The highest BCUT2D eigenvalue weighted by Crippen LogP contribution is 2.54. The van der Waals surface area contributed by atoms with E-state index in [0.29, 0.717) is 25.1 Å². The average Bonchev–Trinajstić information content (AvgIpc) is 3.62. The minimum atomic E-state index is -0.856. The number of nitrogens with zero attached hydrogens (tertiary/aromatic N) is 1. The molecule has 39 heavy (non-hydrogen) atoms. The monoisotopic (exact) mass is 515 g/mol. The maximum Gasteiger partial charge on any atom is 0.246 e. The van der Waals surface area contributed by atoms with Gasteiger partial charge in [0.15, 0.2) is 5.78 Å². The van der Waals surface area contributed by atoms with Gasteiger partial charge < -0.3 is 14.4 Å². The van der Waals surface area contributed by atoms with E-state index in [1.165, 1.54) is 0 Å². The van der Waals surface area contributed by atoms with E-state index in [2.05, 4.69) is 6.07 Å². The van der Waals surface area contributed by atoms with Crippen LogP contribution in [0.25, 0.3) is 0 Å². The van der Waals surface area contributed by atoms with E-state index in [1.54, 1.807) is 0 Å². The Kier molecular flexibility index (Phi) is 5.37. The third-order valence-corrected chi connectivity index (χ3v) is 8.56. The number of aryl methyl sites for hydroxylation is 2. The number of fused-ring (bicyclic) bond motifs is 5. The van der Waals surface area contributed by atoms with Crippen LogP contribution >= 0.6 is 0 Å². The molecule has 5 heteroatoms. The molecule has 194 valence electrons. The minimum Gasteiger partial charge on any atom is -0.493 e. The third-order valence-electron chi connectivity index (χ3n) is 8.56. The van der Waals surface area contributed by atoms with Crippen molar-refractivity contribution in [1.29, 1.82) is 0 Å². The van der Waals surface area contributed by atoms with E-state index < -0.39 is 5.41 Å². The van der Waals surface area contributed by atoms with Crippen LogP contribution in [0.15, 0.2) is 78.9 Å². The average molecular weight is 516 g/mol. The zero-order chi connectivity index (χ0) is 26.7. The summed E-state index contributed by atoms with van der Waals surface area (Å²) in [5.41, 5.74) is 8.10. The van der Waals surface area contributed by atoms with Gasteiger partial charge in [0, 0.05) is 35.7 Å². The van der Waals surface area contributed by atoms with Gasteiger partial charge >= 0.3 is 0 Å². The number of amides is 1. The number of rotatable bonds is 5. The number of carbonyl (C=O) groups excluding carboxylic acids is 2. The van der Waals surface area contributed by atoms with E-state index in [0.717, 1.165) is 62.6 Å². The summed E-state index contributed by atoms with van der Waals surface area (Å²) in [6.07, 6.45) is 1.22. The lowest BCUT2D eigenvalue weighted by Crippen LogP contribution is -2.42. The van der Waals surface area contributed by atoms with E-state index in [-0.39, 0.29) is 18.3 Å². The Morgan fingerprint density at radius 2 is 1.64 bits per heavy atom. The van der Waals surface area contributed by atoms with E-state index in [9.17, 15) is 9.59 Å². The first-order valence-corrected chi connectivity index (χ1v) is 13.5. The van der Waals surface area contributed by atoms with E-state index in [1.807, 2.05) is 91.5 Å². The normalized spacial score (nSPS) is 18.5. The Bertz CT molecular complexity index is 1630. The number of ether oxygens (including phenoxy) is 2. The summed E-state index contributed by atoms with van der Waals surface area (Å²) in [4.78, 5) is 29.2. The summed E-state index contributed by atoms with van der Waals surface area (Å²) in [5.74, 6) is 1.70. The van der Waals surface area contributed by atoms with Gasteiger partial charge in [-0.25, -0.2) is 0 Å². The Labute approximate surface area is 228 Å². The standard InChI is InChI=1S/C34H29NO4/c1-21-6-5-7-22(2)26(21)17-30(36)24-12-10-23(11-13-24)19-35-29-9-4-3-8-27(29)34(33(35)37)20-39-32-18-31-25(14-15-38-31)16-28(32)34/h3-13,16,18H,14-15,17,19-20H2,1-2H3. The second-order valence-electron chi connectivity index (χ2n) is 10.8. The summed E-state index contributed by atoms with van der Waals surface area (Å²) in [6.45, 7) is 5.46. The Balaban J connectivity index is 1.17.